The summed E-state index contributed by atoms with van der Waals surface area (Å²) < 4.78 is 5.29. The van der Waals surface area contributed by atoms with Crippen molar-refractivity contribution in [2.24, 2.45) is 0 Å². The molecule has 7 nitrogen and oxygen atoms in total. The summed E-state index contributed by atoms with van der Waals surface area (Å²) in [5.41, 5.74) is 1.33. The zero-order chi connectivity index (χ0) is 19.4. The van der Waals surface area contributed by atoms with Gasteiger partial charge in [-0.1, -0.05) is 18.1 Å². The number of hydrogen-bond donors (Lipinski definition) is 2. The van der Waals surface area contributed by atoms with Crippen LogP contribution in [0.2, 0.25) is 0 Å². The van der Waals surface area contributed by atoms with Gasteiger partial charge in [0, 0.05) is 12.1 Å². The number of terminal acetylenes is 1. The van der Waals surface area contributed by atoms with Gasteiger partial charge in [-0.25, -0.2) is 0 Å². The normalized spacial score (nSPS) is 12.5. The van der Waals surface area contributed by atoms with E-state index in [1.54, 1.807) is 12.1 Å². The summed E-state index contributed by atoms with van der Waals surface area (Å²) in [7, 11) is 0. The number of carbonyl (C=O) groups is 3. The molecule has 3 rings (SSSR count). The van der Waals surface area contributed by atoms with Gasteiger partial charge in [0.15, 0.2) is 0 Å². The van der Waals surface area contributed by atoms with Crippen LogP contribution in [0.3, 0.4) is 0 Å². The summed E-state index contributed by atoms with van der Waals surface area (Å²) in [4.78, 5) is 35.7. The third-order valence-corrected chi connectivity index (χ3v) is 4.07. The third-order valence-electron chi connectivity index (χ3n) is 4.07. The Morgan fingerprint density at radius 3 is 2.52 bits per heavy atom. The number of nitrogens with one attached hydrogen (secondary N) is 1. The molecule has 0 spiro atoms. The van der Waals surface area contributed by atoms with E-state index in [1.165, 1.54) is 18.2 Å². The van der Waals surface area contributed by atoms with Gasteiger partial charge in [0.1, 0.15) is 12.4 Å². The Balaban J connectivity index is 1.57. The van der Waals surface area contributed by atoms with Crippen molar-refractivity contribution in [1.29, 1.82) is 0 Å². The Morgan fingerprint density at radius 1 is 1.11 bits per heavy atom. The minimum Gasteiger partial charge on any atom is -0.481 e. The van der Waals surface area contributed by atoms with Crippen molar-refractivity contribution in [2.45, 2.75) is 6.42 Å². The number of benzene rings is 2. The Morgan fingerprint density at radius 2 is 1.81 bits per heavy atom. The number of imide groups is 1. The van der Waals surface area contributed by atoms with E-state index in [1.807, 2.05) is 12.1 Å². The van der Waals surface area contributed by atoms with Gasteiger partial charge in [-0.3, -0.25) is 19.6 Å². The highest BCUT2D eigenvalue weighted by Crippen LogP contribution is 2.22. The van der Waals surface area contributed by atoms with Gasteiger partial charge in [-0.15, -0.1) is 11.5 Å². The average Bonchev–Trinajstić information content (AvgIpc) is 2.91. The number of rotatable bonds is 6. The highest BCUT2D eigenvalue weighted by molar-refractivity contribution is 6.21. The molecule has 7 heteroatoms. The zero-order valence-corrected chi connectivity index (χ0v) is 14.3. The molecule has 1 heterocycles. The fourth-order valence-corrected chi connectivity index (χ4v) is 2.67. The molecule has 2 aromatic rings. The summed E-state index contributed by atoms with van der Waals surface area (Å²) in [6.07, 6.45) is 5.74. The Kier molecular flexibility index (Phi) is 5.20. The number of hydroxylamine groups is 2. The number of ether oxygens (including phenoxy) is 1. The molecule has 0 saturated heterocycles. The van der Waals surface area contributed by atoms with Crippen molar-refractivity contribution in [2.75, 3.05) is 13.2 Å². The molecule has 0 unspecified atom stereocenters. The summed E-state index contributed by atoms with van der Waals surface area (Å²) >= 11 is 0. The molecule has 3 amide bonds. The van der Waals surface area contributed by atoms with E-state index in [4.69, 9.17) is 11.2 Å². The molecule has 1 aliphatic heterocycles. The van der Waals surface area contributed by atoms with Crippen molar-refractivity contribution in [3.63, 3.8) is 0 Å². The lowest BCUT2D eigenvalue weighted by Gasteiger charge is -2.07. The van der Waals surface area contributed by atoms with Crippen LogP contribution in [-0.2, 0) is 6.42 Å². The van der Waals surface area contributed by atoms with Gasteiger partial charge >= 0.3 is 0 Å². The number of amides is 3. The van der Waals surface area contributed by atoms with Gasteiger partial charge in [-0.05, 0) is 42.3 Å². The fraction of sp³-hybridized carbons (Fsp3) is 0.150. The van der Waals surface area contributed by atoms with E-state index in [0.717, 1.165) is 5.56 Å². The van der Waals surface area contributed by atoms with Crippen LogP contribution in [0.5, 0.6) is 5.75 Å². The molecular weight excluding hydrogens is 348 g/mol. The number of hydrogen-bond acceptors (Lipinski definition) is 5. The molecule has 1 aliphatic rings. The lowest BCUT2D eigenvalue weighted by Crippen LogP contribution is -2.26. The minimum atomic E-state index is -0.836. The van der Waals surface area contributed by atoms with E-state index < -0.39 is 11.8 Å². The van der Waals surface area contributed by atoms with Crippen molar-refractivity contribution in [3.05, 3.63) is 64.7 Å². The first kappa shape index (κ1) is 18.2. The highest BCUT2D eigenvalue weighted by Gasteiger charge is 2.35. The quantitative estimate of drug-likeness (QED) is 0.462. The van der Waals surface area contributed by atoms with Crippen LogP contribution in [0.4, 0.5) is 0 Å². The molecule has 0 aliphatic carbocycles. The van der Waals surface area contributed by atoms with E-state index in [9.17, 15) is 19.6 Å². The van der Waals surface area contributed by atoms with E-state index >= 15 is 0 Å². The monoisotopic (exact) mass is 364 g/mol. The average molecular weight is 364 g/mol. The van der Waals surface area contributed by atoms with E-state index in [0.29, 0.717) is 18.7 Å². The highest BCUT2D eigenvalue weighted by atomic mass is 16.5. The molecule has 0 aromatic heterocycles. The summed E-state index contributed by atoms with van der Waals surface area (Å²) in [6, 6.07) is 11.5. The van der Waals surface area contributed by atoms with Crippen molar-refractivity contribution < 1.29 is 24.3 Å². The van der Waals surface area contributed by atoms with Gasteiger partial charge in [0.05, 0.1) is 11.1 Å². The number of nitrogens with zero attached hydrogens (tertiary/aromatic N) is 1. The lowest BCUT2D eigenvalue weighted by atomic mass is 10.1. The standard InChI is InChI=1S/C20H16N2O5/c1-2-11-27-15-6-3-13(4-7-15)9-10-21-18(23)14-5-8-16-17(12-14)20(25)22(26)19(16)24/h1,3-8,12,26H,9-11H2,(H,21,23). The Labute approximate surface area is 155 Å². The molecule has 0 radical (unpaired) electrons. The number of fused-ring (bicyclic) bond motifs is 1. The Hall–Kier alpha value is -3.63. The van der Waals surface area contributed by atoms with Gasteiger partial charge < -0.3 is 10.1 Å². The van der Waals surface area contributed by atoms with Crippen LogP contribution in [0, 0.1) is 12.3 Å². The molecule has 136 valence electrons. The second-order valence-electron chi connectivity index (χ2n) is 5.83. The van der Waals surface area contributed by atoms with Crippen LogP contribution in [-0.4, -0.2) is 41.1 Å². The number of carbonyl (C=O) groups excluding carboxylic acids is 3. The van der Waals surface area contributed by atoms with E-state index in [-0.39, 0.29) is 34.3 Å². The second kappa shape index (κ2) is 7.72. The van der Waals surface area contributed by atoms with Crippen LogP contribution < -0.4 is 10.1 Å². The van der Waals surface area contributed by atoms with Crippen LogP contribution in [0.1, 0.15) is 36.6 Å². The van der Waals surface area contributed by atoms with Crippen molar-refractivity contribution in [1.82, 2.24) is 10.4 Å². The zero-order valence-electron chi connectivity index (χ0n) is 14.3. The van der Waals surface area contributed by atoms with Crippen molar-refractivity contribution >= 4 is 17.7 Å². The molecule has 2 N–H and O–H groups in total. The summed E-state index contributed by atoms with van der Waals surface area (Å²) in [6.45, 7) is 0.595. The molecule has 0 bridgehead atoms. The molecule has 0 atom stereocenters. The summed E-state index contributed by atoms with van der Waals surface area (Å²) in [5.74, 6) is 1.06. The largest absolute Gasteiger partial charge is 0.481 e. The topological polar surface area (TPSA) is 95.9 Å². The lowest BCUT2D eigenvalue weighted by molar-refractivity contribution is -0.0327. The molecule has 2 aromatic carbocycles. The molecular formula is C20H16N2O5. The maximum Gasteiger partial charge on any atom is 0.285 e. The first-order chi connectivity index (χ1) is 13.0. The Bertz CT molecular complexity index is 944. The fourth-order valence-electron chi connectivity index (χ4n) is 2.67. The summed E-state index contributed by atoms with van der Waals surface area (Å²) in [5, 5.41) is 12.2. The SMILES string of the molecule is C#CCOc1ccc(CCNC(=O)c2ccc3c(c2)C(=O)N(O)C3=O)cc1. The predicted molar refractivity (Wildman–Crippen MR) is 95.5 cm³/mol. The van der Waals surface area contributed by atoms with Crippen LogP contribution in [0.25, 0.3) is 0 Å². The van der Waals surface area contributed by atoms with Gasteiger partial charge in [0.2, 0.25) is 0 Å². The minimum absolute atomic E-state index is 0.0118. The van der Waals surface area contributed by atoms with Crippen LogP contribution >= 0.6 is 0 Å². The predicted octanol–water partition coefficient (Wildman–Crippen LogP) is 1.66. The maximum atomic E-state index is 12.3. The van der Waals surface area contributed by atoms with Crippen molar-refractivity contribution in [3.8, 4) is 18.1 Å². The second-order valence-corrected chi connectivity index (χ2v) is 5.83. The van der Waals surface area contributed by atoms with Gasteiger partial charge in [0.25, 0.3) is 17.7 Å². The first-order valence-corrected chi connectivity index (χ1v) is 8.16. The molecule has 0 saturated carbocycles. The first-order valence-electron chi connectivity index (χ1n) is 8.16. The smallest absolute Gasteiger partial charge is 0.285 e. The van der Waals surface area contributed by atoms with Gasteiger partial charge in [-0.2, -0.15) is 0 Å². The maximum absolute atomic E-state index is 12.3. The molecule has 27 heavy (non-hydrogen) atoms. The van der Waals surface area contributed by atoms with E-state index in [2.05, 4.69) is 11.2 Å². The third kappa shape index (κ3) is 3.81. The molecule has 0 fully saturated rings. The van der Waals surface area contributed by atoms with Crippen LogP contribution in [0.15, 0.2) is 42.5 Å².